The summed E-state index contributed by atoms with van der Waals surface area (Å²) in [5.41, 5.74) is -0.187. The largest absolute Gasteiger partial charge is 0.611 e. The fourth-order valence-corrected chi connectivity index (χ4v) is 9.59. The number of carbonyl (C=O) groups is 3. The first-order valence-corrected chi connectivity index (χ1v) is 18.4. The topological polar surface area (TPSA) is 136 Å². The number of nitrogens with one attached hydrogen (secondary N) is 1. The van der Waals surface area contributed by atoms with E-state index in [1.807, 2.05) is 6.07 Å². The summed E-state index contributed by atoms with van der Waals surface area (Å²) in [5.74, 6) is -4.32. The normalized spacial score (nSPS) is 24.6. The second-order valence-electron chi connectivity index (χ2n) is 13.0. The number of halogens is 4. The van der Waals surface area contributed by atoms with Crippen LogP contribution in [0.3, 0.4) is 0 Å². The van der Waals surface area contributed by atoms with Gasteiger partial charge in [-0.05, 0) is 68.2 Å². The smallest absolute Gasteiger partial charge is 0.334 e. The van der Waals surface area contributed by atoms with Gasteiger partial charge in [-0.2, -0.15) is 0 Å². The molecular formula is C35H42Cl4N4O6S. The van der Waals surface area contributed by atoms with Crippen LogP contribution in [0.1, 0.15) is 50.0 Å². The van der Waals surface area contributed by atoms with Crippen LogP contribution in [0.5, 0.6) is 0 Å². The molecule has 2 bridgehead atoms. The molecule has 272 valence electrons. The summed E-state index contributed by atoms with van der Waals surface area (Å²) in [6.07, 6.45) is 4.50. The van der Waals surface area contributed by atoms with Gasteiger partial charge >= 0.3 is 11.9 Å². The average Bonchev–Trinajstić information content (AvgIpc) is 3.25. The van der Waals surface area contributed by atoms with Crippen molar-refractivity contribution in [2.45, 2.75) is 67.5 Å². The van der Waals surface area contributed by atoms with Crippen molar-refractivity contribution in [1.82, 2.24) is 20.0 Å². The molecule has 0 aromatic heterocycles. The van der Waals surface area contributed by atoms with Gasteiger partial charge in [0.2, 0.25) is 5.91 Å². The molecule has 0 saturated carbocycles. The van der Waals surface area contributed by atoms with E-state index in [1.54, 1.807) is 35.2 Å². The molecular weight excluding hydrogens is 746 g/mol. The van der Waals surface area contributed by atoms with Crippen molar-refractivity contribution >= 4 is 77.0 Å². The number of allylic oxidation sites excluding steroid dienone is 1. The van der Waals surface area contributed by atoms with Crippen LogP contribution in [0, 0.1) is 0 Å². The number of dihydropyridines is 1. The first kappa shape index (κ1) is 40.3. The Morgan fingerprint density at radius 1 is 0.840 bits per heavy atom. The summed E-state index contributed by atoms with van der Waals surface area (Å²) in [6.45, 7) is 2.54. The number of rotatable bonds is 10. The SMILES string of the molecule is CN1C2CCC1CC(N1CCN(C(=O)CC3=C(C(=O)O)C(c4c(Cl)cccc4Cl)C(C(=O)O)=C(CC[S+]([O-])c4ccccc4)N3)CC1)C2.Cl.Cl. The predicted molar refractivity (Wildman–Crippen MR) is 199 cm³/mol. The third kappa shape index (κ3) is 8.42. The number of aliphatic carboxylic acids is 2. The first-order valence-electron chi connectivity index (χ1n) is 16.3. The van der Waals surface area contributed by atoms with E-state index in [0.29, 0.717) is 36.1 Å². The van der Waals surface area contributed by atoms with Crippen molar-refractivity contribution in [1.29, 1.82) is 0 Å². The van der Waals surface area contributed by atoms with Crippen LogP contribution in [-0.2, 0) is 25.6 Å². The van der Waals surface area contributed by atoms with Gasteiger partial charge in [0.05, 0.1) is 23.5 Å². The Kier molecular flexibility index (Phi) is 14.0. The number of carboxylic acid groups (broad SMARTS) is 2. The Morgan fingerprint density at radius 3 is 1.96 bits per heavy atom. The Hall–Kier alpha value is -2.48. The minimum absolute atomic E-state index is 0. The van der Waals surface area contributed by atoms with E-state index >= 15 is 0 Å². The van der Waals surface area contributed by atoms with Crippen LogP contribution in [0.2, 0.25) is 10.0 Å². The molecule has 0 aliphatic carbocycles. The van der Waals surface area contributed by atoms with Gasteiger partial charge in [-0.15, -0.1) is 24.8 Å². The van der Waals surface area contributed by atoms with E-state index in [-0.39, 0.29) is 87.5 Å². The molecule has 4 aliphatic rings. The Balaban J connectivity index is 0.00000281. The highest BCUT2D eigenvalue weighted by Gasteiger charge is 2.43. The Labute approximate surface area is 317 Å². The molecule has 3 fully saturated rings. The van der Waals surface area contributed by atoms with Gasteiger partial charge < -0.3 is 29.9 Å². The lowest BCUT2D eigenvalue weighted by Crippen LogP contribution is -2.56. The molecule has 4 heterocycles. The quantitative estimate of drug-likeness (QED) is 0.265. The summed E-state index contributed by atoms with van der Waals surface area (Å²) in [6, 6.07) is 15.2. The van der Waals surface area contributed by atoms with Crippen LogP contribution in [0.4, 0.5) is 0 Å². The summed E-state index contributed by atoms with van der Waals surface area (Å²) >= 11 is 11.7. The standard InChI is InChI=1S/C35H40Cl2N4O6S.2ClH/c1-39-21-10-11-22(39)19-23(18-21)40-13-15-41(16-14-40)29(42)20-28-32(35(45)46)33(30-25(36)8-5-9-26(30)37)31(34(43)44)27(38-28)12-17-48(47)24-6-3-2-4-7-24;;/h2-9,21-23,33,38H,10-20H2,1H3,(H,43,44)(H,45,46);2*1H. The number of piperidine rings is 1. The average molecular weight is 789 g/mol. The molecule has 3 saturated heterocycles. The van der Waals surface area contributed by atoms with Gasteiger partial charge in [0.1, 0.15) is 5.75 Å². The Bertz CT molecular complexity index is 1600. The van der Waals surface area contributed by atoms with Crippen LogP contribution in [0.25, 0.3) is 0 Å². The van der Waals surface area contributed by atoms with Crippen molar-refractivity contribution in [2.75, 3.05) is 39.0 Å². The molecule has 0 spiro atoms. The maximum absolute atomic E-state index is 13.8. The molecule has 4 aliphatic heterocycles. The summed E-state index contributed by atoms with van der Waals surface area (Å²) < 4.78 is 13.2. The molecule has 2 aromatic rings. The number of benzene rings is 2. The van der Waals surface area contributed by atoms with E-state index in [9.17, 15) is 29.1 Å². The van der Waals surface area contributed by atoms with Crippen molar-refractivity contribution < 1.29 is 29.1 Å². The monoisotopic (exact) mass is 786 g/mol. The molecule has 10 nitrogen and oxygen atoms in total. The molecule has 0 radical (unpaired) electrons. The molecule has 15 heteroatoms. The van der Waals surface area contributed by atoms with Gasteiger partial charge in [-0.3, -0.25) is 9.69 Å². The zero-order valence-electron chi connectivity index (χ0n) is 27.6. The second-order valence-corrected chi connectivity index (χ2v) is 15.4. The van der Waals surface area contributed by atoms with Crippen LogP contribution in [0.15, 0.2) is 76.0 Å². The molecule has 4 unspecified atom stereocenters. The van der Waals surface area contributed by atoms with Crippen LogP contribution < -0.4 is 5.32 Å². The van der Waals surface area contributed by atoms with Gasteiger partial charge in [-0.1, -0.05) is 47.5 Å². The molecule has 2 aromatic carbocycles. The highest BCUT2D eigenvalue weighted by atomic mass is 35.5. The zero-order chi connectivity index (χ0) is 34.1. The third-order valence-electron chi connectivity index (χ3n) is 10.4. The fraction of sp³-hybridized carbons (Fsp3) is 0.457. The first-order chi connectivity index (χ1) is 23.0. The zero-order valence-corrected chi connectivity index (χ0v) is 31.5. The lowest BCUT2D eigenvalue weighted by atomic mass is 9.79. The van der Waals surface area contributed by atoms with Gasteiger partial charge in [0.15, 0.2) is 4.90 Å². The van der Waals surface area contributed by atoms with Crippen LogP contribution >= 0.6 is 48.0 Å². The molecule has 6 rings (SSSR count). The number of nitrogens with zero attached hydrogens (tertiary/aromatic N) is 3. The lowest BCUT2D eigenvalue weighted by molar-refractivity contribution is -0.133. The van der Waals surface area contributed by atoms with E-state index in [4.69, 9.17) is 23.2 Å². The van der Waals surface area contributed by atoms with Gasteiger partial charge in [0.25, 0.3) is 0 Å². The maximum Gasteiger partial charge on any atom is 0.334 e. The lowest BCUT2D eigenvalue weighted by Gasteiger charge is -2.45. The highest BCUT2D eigenvalue weighted by molar-refractivity contribution is 7.91. The number of carbonyl (C=O) groups excluding carboxylic acids is 1. The van der Waals surface area contributed by atoms with E-state index in [1.165, 1.54) is 25.0 Å². The summed E-state index contributed by atoms with van der Waals surface area (Å²) in [7, 11) is 2.22. The highest BCUT2D eigenvalue weighted by Crippen LogP contribution is 2.45. The van der Waals surface area contributed by atoms with Crippen molar-refractivity contribution in [3.8, 4) is 0 Å². The number of carboxylic acids is 2. The summed E-state index contributed by atoms with van der Waals surface area (Å²) in [5, 5.41) is 24.3. The molecule has 1 amide bonds. The number of hydrogen-bond acceptors (Lipinski definition) is 7. The van der Waals surface area contributed by atoms with E-state index < -0.39 is 29.0 Å². The molecule has 3 N–H and O–H groups in total. The minimum atomic E-state index is -1.46. The number of piperazine rings is 1. The third-order valence-corrected chi connectivity index (χ3v) is 12.4. The minimum Gasteiger partial charge on any atom is -0.611 e. The number of fused-ring (bicyclic) bond motifs is 2. The van der Waals surface area contributed by atoms with Gasteiger partial charge in [0, 0.05) is 77.7 Å². The fourth-order valence-electron chi connectivity index (χ4n) is 7.89. The van der Waals surface area contributed by atoms with Crippen molar-refractivity contribution in [3.05, 3.63) is 86.7 Å². The molecule has 50 heavy (non-hydrogen) atoms. The molecule has 4 atom stereocenters. The summed E-state index contributed by atoms with van der Waals surface area (Å²) in [4.78, 5) is 47.0. The van der Waals surface area contributed by atoms with E-state index in [2.05, 4.69) is 22.2 Å². The number of hydrogen-bond donors (Lipinski definition) is 3. The van der Waals surface area contributed by atoms with Crippen LogP contribution in [-0.4, -0.2) is 104 Å². The maximum atomic E-state index is 13.8. The van der Waals surface area contributed by atoms with Gasteiger partial charge in [-0.25, -0.2) is 9.59 Å². The van der Waals surface area contributed by atoms with E-state index in [0.717, 1.165) is 25.9 Å². The second kappa shape index (κ2) is 17.4. The van der Waals surface area contributed by atoms with Crippen molar-refractivity contribution in [2.24, 2.45) is 0 Å². The predicted octanol–water partition coefficient (Wildman–Crippen LogP) is 5.56. The van der Waals surface area contributed by atoms with Crippen molar-refractivity contribution in [3.63, 3.8) is 0 Å². The number of amides is 1. The Morgan fingerprint density at radius 2 is 1.40 bits per heavy atom.